The summed E-state index contributed by atoms with van der Waals surface area (Å²) in [4.78, 5) is 16.8. The van der Waals surface area contributed by atoms with E-state index < -0.39 is 16.1 Å². The van der Waals surface area contributed by atoms with Crippen LogP contribution in [-0.2, 0) is 0 Å². The Morgan fingerprint density at radius 2 is 0.629 bits per heavy atom. The quantitative estimate of drug-likeness (QED) is 0.0904. The second kappa shape index (κ2) is 21.5. The zero-order valence-electron chi connectivity index (χ0n) is 48.8. The summed E-state index contributed by atoms with van der Waals surface area (Å²) >= 11 is 0. The highest BCUT2D eigenvalue weighted by molar-refractivity contribution is 7.20. The number of nitrogens with zero attached hydrogens (tertiary/aromatic N) is 4. The third-order valence-electron chi connectivity index (χ3n) is 19.1. The fourth-order valence-corrected chi connectivity index (χ4v) is 25.4. The molecule has 4 nitrogen and oxygen atoms in total. The van der Waals surface area contributed by atoms with Gasteiger partial charge in [0.1, 0.15) is 0 Å². The van der Waals surface area contributed by atoms with E-state index in [0.717, 1.165) is 38.5 Å². The maximum absolute atomic E-state index is 5.61. The topological polar surface area (TPSA) is 43.6 Å². The molecular formula is C83H58N4Si2. The summed E-state index contributed by atoms with van der Waals surface area (Å²) in [6.45, 7) is 0. The van der Waals surface area contributed by atoms with Gasteiger partial charge in [-0.3, -0.25) is 4.57 Å². The average molecular weight is 1170 g/mol. The van der Waals surface area contributed by atoms with Crippen molar-refractivity contribution in [3.63, 3.8) is 0 Å². The lowest BCUT2D eigenvalue weighted by molar-refractivity contribution is 0.760. The third kappa shape index (κ3) is 8.21. The van der Waals surface area contributed by atoms with Crippen LogP contribution in [0.2, 0.25) is 0 Å². The fourth-order valence-electron chi connectivity index (χ4n) is 15.6. The van der Waals surface area contributed by atoms with Gasteiger partial charge < -0.3 is 0 Å². The molecule has 0 saturated carbocycles. The highest BCUT2D eigenvalue weighted by Gasteiger charge is 2.50. The van der Waals surface area contributed by atoms with Gasteiger partial charge >= 0.3 is 0 Å². The molecule has 2 aromatic heterocycles. The van der Waals surface area contributed by atoms with Crippen LogP contribution in [0.4, 0.5) is 0 Å². The minimum absolute atomic E-state index is 0.0430. The molecule has 0 fully saturated rings. The summed E-state index contributed by atoms with van der Waals surface area (Å²) < 4.78 is 2.23. The molecule has 0 aliphatic heterocycles. The lowest BCUT2D eigenvalue weighted by Gasteiger charge is -2.47. The Bertz CT molecular complexity index is 4900. The van der Waals surface area contributed by atoms with Gasteiger partial charge in [0.15, 0.2) is 27.8 Å². The Morgan fingerprint density at radius 3 is 1.15 bits per heavy atom. The van der Waals surface area contributed by atoms with Crippen LogP contribution in [0.25, 0.3) is 61.7 Å². The van der Waals surface area contributed by atoms with Crippen LogP contribution < -0.4 is 41.5 Å². The zero-order chi connectivity index (χ0) is 58.9. The van der Waals surface area contributed by atoms with Crippen LogP contribution in [0.1, 0.15) is 45.2 Å². The molecule has 2 unspecified atom stereocenters. The molecule has 6 heteroatoms. The number of para-hydroxylation sites is 2. The monoisotopic (exact) mass is 1170 g/mol. The van der Waals surface area contributed by atoms with Crippen LogP contribution in [0.5, 0.6) is 0 Å². The Hall–Kier alpha value is -10.9. The molecule has 2 atom stereocenters. The molecule has 89 heavy (non-hydrogen) atoms. The van der Waals surface area contributed by atoms with Gasteiger partial charge in [0, 0.05) is 33.7 Å². The van der Waals surface area contributed by atoms with Gasteiger partial charge in [0.25, 0.3) is 0 Å². The predicted octanol–water partition coefficient (Wildman–Crippen LogP) is 13.7. The van der Waals surface area contributed by atoms with E-state index in [9.17, 15) is 0 Å². The molecule has 3 aliphatic rings. The molecule has 2 heterocycles. The van der Waals surface area contributed by atoms with Gasteiger partial charge in [0.05, 0.1) is 11.0 Å². The fraction of sp³-hybridized carbons (Fsp3) is 0.0241. The van der Waals surface area contributed by atoms with E-state index in [1.54, 1.807) is 0 Å². The van der Waals surface area contributed by atoms with Crippen molar-refractivity contribution in [1.82, 2.24) is 19.5 Å². The van der Waals surface area contributed by atoms with Gasteiger partial charge in [-0.25, -0.2) is 4.98 Å². The molecule has 0 amide bonds. The summed E-state index contributed by atoms with van der Waals surface area (Å²) in [6, 6.07) is 126. The first-order chi connectivity index (χ1) is 44.2. The maximum atomic E-state index is 5.61. The van der Waals surface area contributed by atoms with Crippen LogP contribution in [0.3, 0.4) is 0 Å². The smallest absolute Gasteiger partial charge is 0.238 e. The molecule has 3 aliphatic carbocycles. The minimum atomic E-state index is -2.99. The zero-order valence-corrected chi connectivity index (χ0v) is 50.8. The number of hydrogen-bond donors (Lipinski definition) is 0. The van der Waals surface area contributed by atoms with Gasteiger partial charge in [-0.2, -0.15) is 9.97 Å². The van der Waals surface area contributed by atoms with Crippen molar-refractivity contribution in [1.29, 1.82) is 0 Å². The number of hydrogen-bond acceptors (Lipinski definition) is 3. The molecule has 0 saturated heterocycles. The van der Waals surface area contributed by atoms with E-state index in [2.05, 4.69) is 344 Å². The summed E-state index contributed by atoms with van der Waals surface area (Å²) in [5.41, 5.74) is 14.6. The van der Waals surface area contributed by atoms with Crippen molar-refractivity contribution < 1.29 is 0 Å². The van der Waals surface area contributed by atoms with Gasteiger partial charge in [-0.15, -0.1) is 0 Å². The average Bonchev–Trinajstić information content (AvgIpc) is 1.18. The van der Waals surface area contributed by atoms with Crippen molar-refractivity contribution in [2.75, 3.05) is 0 Å². The van der Waals surface area contributed by atoms with Crippen LogP contribution in [-0.4, -0.2) is 35.7 Å². The molecule has 0 spiro atoms. The number of rotatable bonds is 12. The van der Waals surface area contributed by atoms with E-state index in [4.69, 9.17) is 15.0 Å². The summed E-state index contributed by atoms with van der Waals surface area (Å²) in [7, 11) is -5.92. The Labute approximate surface area is 520 Å². The Kier molecular flexibility index (Phi) is 12.7. The lowest BCUT2D eigenvalue weighted by Crippen LogP contribution is -2.75. The van der Waals surface area contributed by atoms with Crippen molar-refractivity contribution in [2.24, 2.45) is 0 Å². The summed E-state index contributed by atoms with van der Waals surface area (Å²) in [5.74, 6) is 1.77. The lowest BCUT2D eigenvalue weighted by atomic mass is 9.60. The SMILES string of the molecule is c1ccc([Si](c2ccccc2)(c2ccccc2)c2cccc(-c3nc(-c4cccc(-c5cccc6c5C5c7ccccc7C6c6cccc([Si](c7ccccc7)(c7ccccc7)c7ccccc7)c65)c4)nc(-n4c5ccccc5c5ccccc54)n3)c2)cc1. The first-order valence-corrected chi connectivity index (χ1v) is 34.8. The summed E-state index contributed by atoms with van der Waals surface area (Å²) in [5, 5.41) is 13.0. The first kappa shape index (κ1) is 52.4. The third-order valence-corrected chi connectivity index (χ3v) is 28.7. The van der Waals surface area contributed by atoms with E-state index in [1.807, 2.05) is 0 Å². The van der Waals surface area contributed by atoms with E-state index in [0.29, 0.717) is 17.6 Å². The van der Waals surface area contributed by atoms with Gasteiger partial charge in [0.2, 0.25) is 5.95 Å². The maximum Gasteiger partial charge on any atom is 0.238 e. The Balaban J connectivity index is 0.879. The highest BCUT2D eigenvalue weighted by Crippen LogP contribution is 2.57. The predicted molar refractivity (Wildman–Crippen MR) is 372 cm³/mol. The van der Waals surface area contributed by atoms with Crippen molar-refractivity contribution in [3.8, 4) is 39.9 Å². The minimum Gasteiger partial charge on any atom is -0.278 e. The van der Waals surface area contributed by atoms with Gasteiger partial charge in [-0.05, 0) is 104 Å². The normalized spacial score (nSPS) is 14.1. The highest BCUT2D eigenvalue weighted by atomic mass is 28.3. The van der Waals surface area contributed by atoms with Crippen molar-refractivity contribution in [3.05, 3.63) is 373 Å². The molecule has 0 radical (unpaired) electrons. The number of aromatic nitrogens is 4. The summed E-state index contributed by atoms with van der Waals surface area (Å²) in [6.07, 6.45) is 0. The second-order valence-electron chi connectivity index (χ2n) is 23.6. The largest absolute Gasteiger partial charge is 0.278 e. The van der Waals surface area contributed by atoms with Gasteiger partial charge in [-0.1, -0.05) is 322 Å². The van der Waals surface area contributed by atoms with Crippen LogP contribution in [0, 0.1) is 0 Å². The van der Waals surface area contributed by atoms with Crippen molar-refractivity contribution >= 4 is 79.4 Å². The van der Waals surface area contributed by atoms with Crippen molar-refractivity contribution in [2.45, 2.75) is 11.8 Å². The molecule has 418 valence electrons. The van der Waals surface area contributed by atoms with E-state index in [1.165, 1.54) is 80.4 Å². The van der Waals surface area contributed by atoms with E-state index >= 15 is 0 Å². The molecule has 2 bridgehead atoms. The van der Waals surface area contributed by atoms with E-state index in [-0.39, 0.29) is 11.8 Å². The molecule has 13 aromatic carbocycles. The first-order valence-electron chi connectivity index (χ1n) is 30.8. The second-order valence-corrected chi connectivity index (χ2v) is 31.2. The molecule has 15 aromatic rings. The standard InChI is InChI=1S/C83H58N4Si2/c1-7-32-60(33-8-1)88(61-34-9-2-10-35-61,62-36-11-3-12-37-62)66-44-26-31-59(56-66)82-84-81(85-83(86-82)87-74-52-23-21-45-68(74)69-46-22-24-53-75(69)87)58-30-25-29-57(55-58)67-49-27-50-72-77-70-47-19-20-48-71(70)80(78(67)72)79-73(77)51-28-54-76(79)89(63-38-13-4-14-39-63,64-40-15-5-16-41-64)65-42-17-6-18-43-65/h1-56,77,80H. The van der Waals surface area contributed by atoms with Crippen LogP contribution in [0.15, 0.2) is 340 Å². The number of fused-ring (bicyclic) bond motifs is 3. The molecule has 0 N–H and O–H groups in total. The molecular weight excluding hydrogens is 1110 g/mol. The van der Waals surface area contributed by atoms with Crippen LogP contribution >= 0.6 is 0 Å². The Morgan fingerprint density at radius 1 is 0.258 bits per heavy atom. The number of benzene rings is 13. The molecule has 18 rings (SSSR count).